The van der Waals surface area contributed by atoms with Crippen LogP contribution in [0.15, 0.2) is 59.6 Å². The number of nitrogens with zero attached hydrogens (tertiary/aromatic N) is 4. The van der Waals surface area contributed by atoms with E-state index in [1.165, 1.54) is 6.33 Å². The lowest BCUT2D eigenvalue weighted by molar-refractivity contribution is 0.315. The minimum atomic E-state index is -0.234. The van der Waals surface area contributed by atoms with Crippen LogP contribution in [-0.2, 0) is 0 Å². The number of rotatable bonds is 4. The number of nitrogens with one attached hydrogen (secondary N) is 1. The number of hydrogen-bond donors (Lipinski definition) is 2. The van der Waals surface area contributed by atoms with Gasteiger partial charge in [-0.15, -0.1) is 12.4 Å². The number of methoxy groups -OCH3 is 2. The van der Waals surface area contributed by atoms with Gasteiger partial charge in [-0.1, -0.05) is 12.1 Å². The normalized spacial score (nSPS) is 16.9. The highest BCUT2D eigenvalue weighted by Gasteiger charge is 2.31. The van der Waals surface area contributed by atoms with Gasteiger partial charge in [0.05, 0.1) is 37.8 Å². The van der Waals surface area contributed by atoms with Gasteiger partial charge in [0, 0.05) is 18.6 Å². The van der Waals surface area contributed by atoms with Crippen molar-refractivity contribution in [1.29, 1.82) is 0 Å². The number of guanidine groups is 1. The SMILES string of the molecule is COc1cc(OC)c2c(c1)OCCC1=C2NC(N)=NC1c1ccc(-n2cncn2)cc1.Cl. The van der Waals surface area contributed by atoms with Gasteiger partial charge in [-0.3, -0.25) is 0 Å². The van der Waals surface area contributed by atoms with Crippen molar-refractivity contribution in [1.82, 2.24) is 20.1 Å². The molecule has 2 aromatic carbocycles. The van der Waals surface area contributed by atoms with E-state index in [4.69, 9.17) is 24.9 Å². The van der Waals surface area contributed by atoms with Crippen LogP contribution in [0, 0.1) is 0 Å². The van der Waals surface area contributed by atoms with E-state index >= 15 is 0 Å². The largest absolute Gasteiger partial charge is 0.496 e. The zero-order valence-electron chi connectivity index (χ0n) is 17.6. The average molecular weight is 455 g/mol. The Hall–Kier alpha value is -3.72. The van der Waals surface area contributed by atoms with Gasteiger partial charge in [0.2, 0.25) is 0 Å². The molecule has 1 aromatic heterocycles. The highest BCUT2D eigenvalue weighted by molar-refractivity contribution is 5.94. The second-order valence-corrected chi connectivity index (χ2v) is 7.17. The Morgan fingerprint density at radius 1 is 1.16 bits per heavy atom. The quantitative estimate of drug-likeness (QED) is 0.623. The second kappa shape index (κ2) is 8.80. The Morgan fingerprint density at radius 3 is 2.66 bits per heavy atom. The predicted molar refractivity (Wildman–Crippen MR) is 123 cm³/mol. The zero-order valence-corrected chi connectivity index (χ0v) is 18.4. The first-order valence-electron chi connectivity index (χ1n) is 9.85. The van der Waals surface area contributed by atoms with E-state index in [0.29, 0.717) is 36.2 Å². The molecule has 3 N–H and O–H groups in total. The number of aliphatic imine (C=N–C) groups is 1. The summed E-state index contributed by atoms with van der Waals surface area (Å²) in [6.45, 7) is 0.507. The molecule has 10 heteroatoms. The van der Waals surface area contributed by atoms with Gasteiger partial charge in [0.1, 0.15) is 35.9 Å². The molecule has 3 heterocycles. The van der Waals surface area contributed by atoms with Crippen LogP contribution in [0.25, 0.3) is 11.4 Å². The maximum absolute atomic E-state index is 6.21. The van der Waals surface area contributed by atoms with Crippen LogP contribution in [-0.4, -0.2) is 41.6 Å². The number of fused-ring (bicyclic) bond motifs is 2. The zero-order chi connectivity index (χ0) is 21.4. The number of aromatic nitrogens is 3. The number of hydrogen-bond acceptors (Lipinski definition) is 8. The van der Waals surface area contributed by atoms with Crippen LogP contribution in [0.1, 0.15) is 23.6 Å². The van der Waals surface area contributed by atoms with Gasteiger partial charge in [0.15, 0.2) is 5.96 Å². The molecule has 3 aromatic rings. The van der Waals surface area contributed by atoms with Crippen molar-refractivity contribution in [2.24, 2.45) is 10.7 Å². The lowest BCUT2D eigenvalue weighted by Gasteiger charge is -2.27. The molecule has 32 heavy (non-hydrogen) atoms. The summed E-state index contributed by atoms with van der Waals surface area (Å²) in [6, 6.07) is 11.5. The van der Waals surface area contributed by atoms with Crippen LogP contribution in [0.5, 0.6) is 17.2 Å². The van der Waals surface area contributed by atoms with Crippen molar-refractivity contribution in [2.75, 3.05) is 20.8 Å². The van der Waals surface area contributed by atoms with E-state index in [9.17, 15) is 0 Å². The predicted octanol–water partition coefficient (Wildman–Crippen LogP) is 2.86. The average Bonchev–Trinajstić information content (AvgIpc) is 3.27. The Morgan fingerprint density at radius 2 is 1.97 bits per heavy atom. The van der Waals surface area contributed by atoms with Crippen molar-refractivity contribution in [3.63, 3.8) is 0 Å². The lowest BCUT2D eigenvalue weighted by atomic mass is 9.91. The van der Waals surface area contributed by atoms with Crippen LogP contribution in [0.2, 0.25) is 0 Å². The standard InChI is InChI=1S/C22H22N6O3.ClH/c1-29-15-9-17(30-2)19-18(10-15)31-8-7-16-20(26-22(23)27-21(16)19)13-3-5-14(6-4-13)28-12-24-11-25-28;/h3-6,9-12,20H,7-8H2,1-2H3,(H3,23,26,27);1H. The van der Waals surface area contributed by atoms with E-state index < -0.39 is 0 Å². The molecule has 2 aliphatic heterocycles. The Bertz CT molecular complexity index is 1180. The van der Waals surface area contributed by atoms with Crippen molar-refractivity contribution >= 4 is 24.1 Å². The summed E-state index contributed by atoms with van der Waals surface area (Å²) in [4.78, 5) is 8.70. The molecule has 0 amide bonds. The molecule has 9 nitrogen and oxygen atoms in total. The number of ether oxygens (including phenoxy) is 3. The Labute approximate surface area is 191 Å². The first kappa shape index (κ1) is 21.5. The Balaban J connectivity index is 0.00000245. The third-order valence-corrected chi connectivity index (χ3v) is 5.44. The van der Waals surface area contributed by atoms with E-state index in [1.54, 1.807) is 25.2 Å². The molecule has 1 unspecified atom stereocenters. The fourth-order valence-corrected chi connectivity index (χ4v) is 3.98. The van der Waals surface area contributed by atoms with E-state index in [0.717, 1.165) is 28.1 Å². The first-order chi connectivity index (χ1) is 15.2. The second-order valence-electron chi connectivity index (χ2n) is 7.17. The highest BCUT2D eigenvalue weighted by atomic mass is 35.5. The molecular formula is C22H23ClN6O3. The van der Waals surface area contributed by atoms with Crippen LogP contribution < -0.4 is 25.3 Å². The summed E-state index contributed by atoms with van der Waals surface area (Å²) in [7, 11) is 3.24. The number of benzene rings is 2. The molecule has 5 rings (SSSR count). The minimum absolute atomic E-state index is 0. The topological polar surface area (TPSA) is 109 Å². The maximum atomic E-state index is 6.21. The molecule has 166 valence electrons. The molecule has 0 spiro atoms. The van der Waals surface area contributed by atoms with Crippen LogP contribution in [0.3, 0.4) is 0 Å². The Kier molecular flexibility index (Phi) is 5.91. The molecule has 0 radical (unpaired) electrons. The summed E-state index contributed by atoms with van der Waals surface area (Å²) in [6.07, 6.45) is 3.86. The van der Waals surface area contributed by atoms with Crippen molar-refractivity contribution in [3.8, 4) is 22.9 Å². The van der Waals surface area contributed by atoms with E-state index in [-0.39, 0.29) is 18.4 Å². The van der Waals surface area contributed by atoms with Gasteiger partial charge in [0.25, 0.3) is 0 Å². The van der Waals surface area contributed by atoms with Gasteiger partial charge in [-0.25, -0.2) is 14.7 Å². The fraction of sp³-hybridized carbons (Fsp3) is 0.227. The monoisotopic (exact) mass is 454 g/mol. The summed E-state index contributed by atoms with van der Waals surface area (Å²) >= 11 is 0. The smallest absolute Gasteiger partial charge is 0.194 e. The summed E-state index contributed by atoms with van der Waals surface area (Å²) in [5.74, 6) is 2.34. The first-order valence-corrected chi connectivity index (χ1v) is 9.85. The van der Waals surface area contributed by atoms with Gasteiger partial charge < -0.3 is 25.3 Å². The highest BCUT2D eigenvalue weighted by Crippen LogP contribution is 2.45. The van der Waals surface area contributed by atoms with Crippen LogP contribution in [0.4, 0.5) is 0 Å². The number of nitrogens with two attached hydrogens (primary N) is 1. The van der Waals surface area contributed by atoms with Gasteiger partial charge >= 0.3 is 0 Å². The molecular weight excluding hydrogens is 432 g/mol. The van der Waals surface area contributed by atoms with Gasteiger partial charge in [-0.05, 0) is 23.3 Å². The molecule has 0 fully saturated rings. The number of halogens is 1. The molecule has 2 aliphatic rings. The molecule has 1 atom stereocenters. The van der Waals surface area contributed by atoms with Gasteiger partial charge in [-0.2, -0.15) is 5.10 Å². The van der Waals surface area contributed by atoms with Crippen molar-refractivity contribution in [2.45, 2.75) is 12.5 Å². The van der Waals surface area contributed by atoms with Crippen molar-refractivity contribution in [3.05, 3.63) is 65.8 Å². The molecule has 0 bridgehead atoms. The maximum Gasteiger partial charge on any atom is 0.194 e. The summed E-state index contributed by atoms with van der Waals surface area (Å²) in [5.41, 5.74) is 10.9. The summed E-state index contributed by atoms with van der Waals surface area (Å²) in [5, 5.41) is 7.42. The third-order valence-electron chi connectivity index (χ3n) is 5.44. The van der Waals surface area contributed by atoms with E-state index in [1.807, 2.05) is 36.4 Å². The summed E-state index contributed by atoms with van der Waals surface area (Å²) < 4.78 is 18.8. The molecule has 0 saturated heterocycles. The molecule has 0 aliphatic carbocycles. The van der Waals surface area contributed by atoms with Crippen LogP contribution >= 0.6 is 12.4 Å². The van der Waals surface area contributed by atoms with Crippen molar-refractivity contribution < 1.29 is 14.2 Å². The molecule has 0 saturated carbocycles. The fourth-order valence-electron chi connectivity index (χ4n) is 3.98. The minimum Gasteiger partial charge on any atom is -0.496 e. The van der Waals surface area contributed by atoms with E-state index in [2.05, 4.69) is 15.4 Å². The third kappa shape index (κ3) is 3.71. The lowest BCUT2D eigenvalue weighted by Crippen LogP contribution is -2.35.